The van der Waals surface area contributed by atoms with Crippen LogP contribution >= 0.6 is 0 Å². The minimum Gasteiger partial charge on any atom is -0.463 e. The maximum Gasteiger partial charge on any atom is 0.305 e. The van der Waals surface area contributed by atoms with Gasteiger partial charge < -0.3 is 19.7 Å². The highest BCUT2D eigenvalue weighted by Crippen LogP contribution is 1.87. The normalized spacial score (nSPS) is 12.5. The summed E-state index contributed by atoms with van der Waals surface area (Å²) in [5.41, 5.74) is 0. The second-order valence-corrected chi connectivity index (χ2v) is 2.49. The van der Waals surface area contributed by atoms with Crippen molar-refractivity contribution in [1.29, 1.82) is 0 Å². The molecule has 0 aliphatic carbocycles. The van der Waals surface area contributed by atoms with Gasteiger partial charge in [-0.15, -0.1) is 0 Å². The fourth-order valence-corrected chi connectivity index (χ4v) is 0.589. The largest absolute Gasteiger partial charge is 0.463 e. The zero-order valence-corrected chi connectivity index (χ0v) is 7.73. The van der Waals surface area contributed by atoms with Crippen molar-refractivity contribution in [2.75, 3.05) is 26.4 Å². The summed E-state index contributed by atoms with van der Waals surface area (Å²) in [6.45, 7) is 1.86. The Balaban J connectivity index is 3.12. The molecule has 0 saturated carbocycles. The van der Waals surface area contributed by atoms with Crippen molar-refractivity contribution >= 4 is 5.97 Å². The van der Waals surface area contributed by atoms with Gasteiger partial charge in [0.1, 0.15) is 12.7 Å². The van der Waals surface area contributed by atoms with Gasteiger partial charge in [0.25, 0.3) is 0 Å². The van der Waals surface area contributed by atoms with E-state index in [0.717, 1.165) is 0 Å². The van der Waals surface area contributed by atoms with Gasteiger partial charge in [-0.25, -0.2) is 0 Å². The Morgan fingerprint density at radius 1 is 1.46 bits per heavy atom. The Hall–Kier alpha value is -0.650. The molecule has 0 aliphatic rings. The molecular weight excluding hydrogens is 176 g/mol. The number of hydrogen-bond donors (Lipinski definition) is 2. The molecule has 2 N–H and O–H groups in total. The summed E-state index contributed by atoms with van der Waals surface area (Å²) < 4.78 is 9.59. The molecule has 0 aromatic carbocycles. The Morgan fingerprint density at radius 2 is 2.15 bits per heavy atom. The van der Waals surface area contributed by atoms with Crippen LogP contribution in [-0.2, 0) is 14.3 Å². The Labute approximate surface area is 77.3 Å². The van der Waals surface area contributed by atoms with Crippen LogP contribution in [0.3, 0.4) is 0 Å². The number of esters is 1. The number of hydrogen-bond acceptors (Lipinski definition) is 5. The minimum atomic E-state index is -0.859. The van der Waals surface area contributed by atoms with Crippen LogP contribution in [-0.4, -0.2) is 48.7 Å². The van der Waals surface area contributed by atoms with Crippen molar-refractivity contribution in [1.82, 2.24) is 0 Å². The summed E-state index contributed by atoms with van der Waals surface area (Å²) in [7, 11) is 0. The van der Waals surface area contributed by atoms with Crippen molar-refractivity contribution in [3.8, 4) is 0 Å². The van der Waals surface area contributed by atoms with Crippen molar-refractivity contribution in [2.24, 2.45) is 0 Å². The smallest absolute Gasteiger partial charge is 0.305 e. The van der Waals surface area contributed by atoms with Crippen LogP contribution in [0.5, 0.6) is 0 Å². The van der Waals surface area contributed by atoms with Crippen LogP contribution in [0.2, 0.25) is 0 Å². The topological polar surface area (TPSA) is 76.0 Å². The monoisotopic (exact) mass is 192 g/mol. The number of carbonyl (C=O) groups is 1. The standard InChI is InChI=1S/C8H16O5/c1-2-8(11)13-4-3-12-6-7(10)5-9/h7,9-10H,2-6H2,1H3. The van der Waals surface area contributed by atoms with Crippen LogP contribution in [0, 0.1) is 0 Å². The summed E-state index contributed by atoms with van der Waals surface area (Å²) in [4.78, 5) is 10.6. The van der Waals surface area contributed by atoms with Crippen molar-refractivity contribution < 1.29 is 24.5 Å². The van der Waals surface area contributed by atoms with E-state index >= 15 is 0 Å². The van der Waals surface area contributed by atoms with Crippen molar-refractivity contribution in [3.05, 3.63) is 0 Å². The lowest BCUT2D eigenvalue weighted by Crippen LogP contribution is -2.21. The number of ether oxygens (including phenoxy) is 2. The van der Waals surface area contributed by atoms with E-state index in [-0.39, 0.29) is 32.4 Å². The average Bonchev–Trinajstić information content (AvgIpc) is 2.16. The summed E-state index contributed by atoms with van der Waals surface area (Å²) in [5.74, 6) is -0.272. The van der Waals surface area contributed by atoms with Gasteiger partial charge >= 0.3 is 5.97 Å². The van der Waals surface area contributed by atoms with Gasteiger partial charge in [-0.2, -0.15) is 0 Å². The predicted molar refractivity (Wildman–Crippen MR) is 45.2 cm³/mol. The van der Waals surface area contributed by atoms with Crippen LogP contribution in [0.4, 0.5) is 0 Å². The Morgan fingerprint density at radius 3 is 2.69 bits per heavy atom. The molecule has 0 amide bonds. The molecule has 0 fully saturated rings. The molecule has 1 unspecified atom stereocenters. The second-order valence-electron chi connectivity index (χ2n) is 2.49. The number of rotatable bonds is 7. The zero-order chi connectivity index (χ0) is 10.1. The fourth-order valence-electron chi connectivity index (χ4n) is 0.589. The van der Waals surface area contributed by atoms with E-state index in [2.05, 4.69) is 0 Å². The van der Waals surface area contributed by atoms with Gasteiger partial charge in [0, 0.05) is 6.42 Å². The summed E-state index contributed by atoms with van der Waals surface area (Å²) >= 11 is 0. The van der Waals surface area contributed by atoms with Crippen molar-refractivity contribution in [2.45, 2.75) is 19.4 Å². The molecule has 0 rings (SSSR count). The van der Waals surface area contributed by atoms with Gasteiger partial charge in [0.05, 0.1) is 19.8 Å². The zero-order valence-electron chi connectivity index (χ0n) is 7.73. The Kier molecular flexibility index (Phi) is 7.57. The summed E-state index contributed by atoms with van der Waals surface area (Å²) in [5, 5.41) is 17.2. The van der Waals surface area contributed by atoms with Gasteiger partial charge in [0.2, 0.25) is 0 Å². The molecule has 0 saturated heterocycles. The molecule has 0 aromatic rings. The van der Waals surface area contributed by atoms with Gasteiger partial charge in [-0.3, -0.25) is 4.79 Å². The molecule has 0 bridgehead atoms. The van der Waals surface area contributed by atoms with E-state index in [0.29, 0.717) is 6.42 Å². The first kappa shape index (κ1) is 12.3. The molecule has 1 atom stereocenters. The minimum absolute atomic E-state index is 0.0557. The molecule has 0 radical (unpaired) electrons. The highest BCUT2D eigenvalue weighted by Gasteiger charge is 2.01. The molecule has 78 valence electrons. The SMILES string of the molecule is CCC(=O)OCCOCC(O)CO. The lowest BCUT2D eigenvalue weighted by molar-refractivity contribution is -0.145. The van der Waals surface area contributed by atoms with Crippen LogP contribution < -0.4 is 0 Å². The average molecular weight is 192 g/mol. The lowest BCUT2D eigenvalue weighted by atomic mass is 10.4. The lowest BCUT2D eigenvalue weighted by Gasteiger charge is -2.08. The van der Waals surface area contributed by atoms with E-state index in [1.807, 2.05) is 0 Å². The number of aliphatic hydroxyl groups excluding tert-OH is 2. The second kappa shape index (κ2) is 7.97. The van der Waals surface area contributed by atoms with Crippen molar-refractivity contribution in [3.63, 3.8) is 0 Å². The molecule has 5 heteroatoms. The van der Waals surface area contributed by atoms with E-state index in [4.69, 9.17) is 19.7 Å². The molecule has 5 nitrogen and oxygen atoms in total. The third-order valence-corrected chi connectivity index (χ3v) is 1.30. The molecule has 0 spiro atoms. The number of aliphatic hydroxyl groups is 2. The Bertz CT molecular complexity index is 136. The first-order valence-corrected chi connectivity index (χ1v) is 4.23. The van der Waals surface area contributed by atoms with Crippen LogP contribution in [0.1, 0.15) is 13.3 Å². The van der Waals surface area contributed by atoms with E-state index in [1.165, 1.54) is 0 Å². The van der Waals surface area contributed by atoms with Crippen LogP contribution in [0.25, 0.3) is 0 Å². The summed E-state index contributed by atoms with van der Waals surface area (Å²) in [6.07, 6.45) is -0.513. The molecule has 0 aromatic heterocycles. The van der Waals surface area contributed by atoms with Gasteiger partial charge in [-0.05, 0) is 0 Å². The highest BCUT2D eigenvalue weighted by atomic mass is 16.6. The molecule has 0 heterocycles. The van der Waals surface area contributed by atoms with E-state index < -0.39 is 6.10 Å². The predicted octanol–water partition coefficient (Wildman–Crippen LogP) is -0.691. The molecule has 0 aliphatic heterocycles. The molecule has 13 heavy (non-hydrogen) atoms. The summed E-state index contributed by atoms with van der Waals surface area (Å²) in [6, 6.07) is 0. The van der Waals surface area contributed by atoms with Crippen LogP contribution in [0.15, 0.2) is 0 Å². The third-order valence-electron chi connectivity index (χ3n) is 1.30. The maximum absolute atomic E-state index is 10.6. The highest BCUT2D eigenvalue weighted by molar-refractivity contribution is 5.68. The third kappa shape index (κ3) is 7.70. The van der Waals surface area contributed by atoms with Gasteiger partial charge in [0.15, 0.2) is 0 Å². The maximum atomic E-state index is 10.6. The quantitative estimate of drug-likeness (QED) is 0.412. The van der Waals surface area contributed by atoms with Gasteiger partial charge in [-0.1, -0.05) is 6.92 Å². The molecular formula is C8H16O5. The van der Waals surface area contributed by atoms with E-state index in [1.54, 1.807) is 6.92 Å². The number of carbonyl (C=O) groups excluding carboxylic acids is 1. The fraction of sp³-hybridized carbons (Fsp3) is 0.875. The van der Waals surface area contributed by atoms with E-state index in [9.17, 15) is 4.79 Å². The first-order chi connectivity index (χ1) is 6.20. The first-order valence-electron chi connectivity index (χ1n) is 4.23.